The molecule has 1 aliphatic rings. The van der Waals surface area contributed by atoms with E-state index in [4.69, 9.17) is 9.57 Å². The second-order valence-electron chi connectivity index (χ2n) is 5.77. The van der Waals surface area contributed by atoms with Crippen LogP contribution in [0.5, 0.6) is 5.75 Å². The maximum absolute atomic E-state index is 12.4. The minimum atomic E-state index is -0.0723. The molecular weight excluding hydrogens is 254 g/mol. The highest BCUT2D eigenvalue weighted by atomic mass is 16.7. The van der Waals surface area contributed by atoms with Gasteiger partial charge in [-0.15, -0.1) is 0 Å². The van der Waals surface area contributed by atoms with Crippen LogP contribution < -0.4 is 4.74 Å². The molecule has 0 saturated heterocycles. The van der Waals surface area contributed by atoms with Gasteiger partial charge in [-0.1, -0.05) is 32.0 Å². The van der Waals surface area contributed by atoms with Crippen molar-refractivity contribution in [2.24, 2.45) is 11.3 Å². The Bertz CT molecular complexity index is 498. The van der Waals surface area contributed by atoms with E-state index in [0.29, 0.717) is 6.61 Å². The lowest BCUT2D eigenvalue weighted by molar-refractivity contribution is -0.171. The Balaban J connectivity index is 2.28. The smallest absolute Gasteiger partial charge is 0.250 e. The molecule has 2 rings (SSSR count). The predicted octanol–water partition coefficient (Wildman–Crippen LogP) is 2.84. The van der Waals surface area contributed by atoms with Crippen molar-refractivity contribution in [3.05, 3.63) is 29.8 Å². The molecule has 2 unspecified atom stereocenters. The van der Waals surface area contributed by atoms with Gasteiger partial charge >= 0.3 is 0 Å². The molecule has 0 N–H and O–H groups in total. The topological polar surface area (TPSA) is 38.8 Å². The summed E-state index contributed by atoms with van der Waals surface area (Å²) in [5, 5.41) is 1.32. The Morgan fingerprint density at radius 1 is 1.35 bits per heavy atom. The fraction of sp³-hybridized carbons (Fsp3) is 0.562. The predicted molar refractivity (Wildman–Crippen MR) is 77.4 cm³/mol. The average Bonchev–Trinajstić information content (AvgIpc) is 3.00. The summed E-state index contributed by atoms with van der Waals surface area (Å²) in [4.78, 5) is 17.4. The molecule has 0 bridgehead atoms. The van der Waals surface area contributed by atoms with Gasteiger partial charge < -0.3 is 4.74 Å². The summed E-state index contributed by atoms with van der Waals surface area (Å²) >= 11 is 0. The number of hydroxylamine groups is 2. The summed E-state index contributed by atoms with van der Waals surface area (Å²) in [6, 6.07) is 7.97. The molecule has 0 heterocycles. The second-order valence-corrected chi connectivity index (χ2v) is 5.77. The molecule has 1 fully saturated rings. The van der Waals surface area contributed by atoms with Crippen LogP contribution in [0.25, 0.3) is 0 Å². The molecule has 2 atom stereocenters. The number of hydrogen-bond donors (Lipinski definition) is 0. The maximum Gasteiger partial charge on any atom is 0.250 e. The first-order valence-electron chi connectivity index (χ1n) is 6.98. The first-order chi connectivity index (χ1) is 9.45. The van der Waals surface area contributed by atoms with E-state index in [1.165, 1.54) is 12.2 Å². The summed E-state index contributed by atoms with van der Waals surface area (Å²) in [5.41, 5.74) is 1.04. The van der Waals surface area contributed by atoms with Gasteiger partial charge in [0.25, 0.3) is 0 Å². The van der Waals surface area contributed by atoms with E-state index in [1.54, 1.807) is 7.05 Å². The SMILES string of the molecule is CCOc1ccccc1C1C(C(=O)N(C)OC)C1(C)C. The Kier molecular flexibility index (Phi) is 4.04. The van der Waals surface area contributed by atoms with Crippen molar-refractivity contribution in [3.63, 3.8) is 0 Å². The van der Waals surface area contributed by atoms with Gasteiger partial charge in [0.15, 0.2) is 0 Å². The minimum Gasteiger partial charge on any atom is -0.494 e. The third kappa shape index (κ3) is 2.40. The average molecular weight is 277 g/mol. The van der Waals surface area contributed by atoms with Crippen molar-refractivity contribution in [1.29, 1.82) is 0 Å². The molecule has 20 heavy (non-hydrogen) atoms. The summed E-state index contributed by atoms with van der Waals surface area (Å²) in [7, 11) is 3.17. The minimum absolute atomic E-state index is 0.0220. The summed E-state index contributed by atoms with van der Waals surface area (Å²) in [6.45, 7) is 6.83. The molecule has 0 radical (unpaired) electrons. The van der Waals surface area contributed by atoms with E-state index in [1.807, 2.05) is 25.1 Å². The summed E-state index contributed by atoms with van der Waals surface area (Å²) in [6.07, 6.45) is 0. The number of nitrogens with zero attached hydrogens (tertiary/aromatic N) is 1. The van der Waals surface area contributed by atoms with Crippen LogP contribution in [0.1, 0.15) is 32.3 Å². The Morgan fingerprint density at radius 3 is 2.60 bits per heavy atom. The molecule has 1 aromatic rings. The lowest BCUT2D eigenvalue weighted by Crippen LogP contribution is -2.28. The van der Waals surface area contributed by atoms with E-state index < -0.39 is 0 Å². The molecule has 1 amide bonds. The van der Waals surface area contributed by atoms with E-state index in [0.717, 1.165) is 11.3 Å². The third-order valence-corrected chi connectivity index (χ3v) is 4.23. The Morgan fingerprint density at radius 2 is 2.00 bits per heavy atom. The van der Waals surface area contributed by atoms with Gasteiger partial charge in [-0.3, -0.25) is 9.63 Å². The highest BCUT2D eigenvalue weighted by molar-refractivity contribution is 5.84. The van der Waals surface area contributed by atoms with Crippen LogP contribution in [0.4, 0.5) is 0 Å². The largest absolute Gasteiger partial charge is 0.494 e. The third-order valence-electron chi connectivity index (χ3n) is 4.23. The van der Waals surface area contributed by atoms with Crippen LogP contribution in [0.3, 0.4) is 0 Å². The highest BCUT2D eigenvalue weighted by Crippen LogP contribution is 2.66. The second kappa shape index (κ2) is 5.44. The molecule has 0 spiro atoms. The van der Waals surface area contributed by atoms with Crippen LogP contribution in [0.2, 0.25) is 0 Å². The van der Waals surface area contributed by atoms with Crippen LogP contribution >= 0.6 is 0 Å². The molecule has 110 valence electrons. The molecule has 0 aliphatic heterocycles. The van der Waals surface area contributed by atoms with Gasteiger partial charge in [0.2, 0.25) is 5.91 Å². The van der Waals surface area contributed by atoms with E-state index in [9.17, 15) is 4.79 Å². The van der Waals surface area contributed by atoms with E-state index >= 15 is 0 Å². The van der Waals surface area contributed by atoms with Crippen LogP contribution in [0, 0.1) is 11.3 Å². The standard InChI is InChI=1S/C16H23NO3/c1-6-20-12-10-8-7-9-11(12)13-14(16(13,2)3)15(18)17(4)19-5/h7-10,13-14H,6H2,1-5H3. The van der Waals surface area contributed by atoms with Gasteiger partial charge in [0.1, 0.15) is 5.75 Å². The maximum atomic E-state index is 12.4. The van der Waals surface area contributed by atoms with Gasteiger partial charge in [-0.05, 0) is 24.0 Å². The highest BCUT2D eigenvalue weighted by Gasteiger charge is 2.63. The van der Waals surface area contributed by atoms with Crippen molar-refractivity contribution in [2.45, 2.75) is 26.7 Å². The Labute approximate surface area is 120 Å². The summed E-state index contributed by atoms with van der Waals surface area (Å²) in [5.74, 6) is 1.02. The van der Waals surface area contributed by atoms with Crippen molar-refractivity contribution in [2.75, 3.05) is 20.8 Å². The first kappa shape index (κ1) is 14.9. The van der Waals surface area contributed by atoms with Crippen LogP contribution in [0.15, 0.2) is 24.3 Å². The fourth-order valence-electron chi connectivity index (χ4n) is 2.99. The zero-order valence-electron chi connectivity index (χ0n) is 12.8. The van der Waals surface area contributed by atoms with Crippen molar-refractivity contribution < 1.29 is 14.4 Å². The van der Waals surface area contributed by atoms with E-state index in [-0.39, 0.29) is 23.2 Å². The molecule has 1 saturated carbocycles. The monoisotopic (exact) mass is 277 g/mol. The van der Waals surface area contributed by atoms with Gasteiger partial charge in [0.05, 0.1) is 19.6 Å². The zero-order valence-corrected chi connectivity index (χ0v) is 12.8. The molecule has 4 nitrogen and oxygen atoms in total. The molecular formula is C16H23NO3. The fourth-order valence-corrected chi connectivity index (χ4v) is 2.99. The summed E-state index contributed by atoms with van der Waals surface area (Å²) < 4.78 is 5.69. The number of para-hydroxylation sites is 1. The van der Waals surface area contributed by atoms with Crippen molar-refractivity contribution in [1.82, 2.24) is 5.06 Å². The lowest BCUT2D eigenvalue weighted by Gasteiger charge is -2.14. The van der Waals surface area contributed by atoms with Crippen LogP contribution in [-0.4, -0.2) is 31.7 Å². The normalized spacial score (nSPS) is 23.2. The number of carbonyl (C=O) groups excluding carboxylic acids is 1. The molecule has 4 heteroatoms. The Hall–Kier alpha value is -1.55. The number of hydrogen-bond acceptors (Lipinski definition) is 3. The number of rotatable bonds is 5. The van der Waals surface area contributed by atoms with Gasteiger partial charge in [-0.2, -0.15) is 0 Å². The first-order valence-corrected chi connectivity index (χ1v) is 6.98. The number of amides is 1. The number of ether oxygens (including phenoxy) is 1. The molecule has 1 aliphatic carbocycles. The molecule has 0 aromatic heterocycles. The van der Waals surface area contributed by atoms with Crippen molar-refractivity contribution in [3.8, 4) is 5.75 Å². The lowest BCUT2D eigenvalue weighted by atomic mass is 10.0. The van der Waals surface area contributed by atoms with Gasteiger partial charge in [0, 0.05) is 13.0 Å². The molecule has 1 aromatic carbocycles. The van der Waals surface area contributed by atoms with Crippen molar-refractivity contribution >= 4 is 5.91 Å². The van der Waals surface area contributed by atoms with Crippen LogP contribution in [-0.2, 0) is 9.63 Å². The van der Waals surface area contributed by atoms with E-state index in [2.05, 4.69) is 19.9 Å². The number of carbonyl (C=O) groups is 1. The number of benzene rings is 1. The quantitative estimate of drug-likeness (QED) is 0.777. The van der Waals surface area contributed by atoms with Gasteiger partial charge in [-0.25, -0.2) is 5.06 Å². The zero-order chi connectivity index (χ0) is 14.9.